The summed E-state index contributed by atoms with van der Waals surface area (Å²) < 4.78 is 0. The first kappa shape index (κ1) is 12.6. The van der Waals surface area contributed by atoms with Crippen molar-refractivity contribution >= 4 is 11.8 Å². The third kappa shape index (κ3) is 2.01. The highest BCUT2D eigenvalue weighted by atomic mass is 16.2. The molecule has 0 saturated carbocycles. The topological polar surface area (TPSA) is 61.2 Å². The molecule has 100 valence electrons. The molecule has 0 N–H and O–H groups in total. The third-order valence-corrected chi connectivity index (χ3v) is 4.00. The van der Waals surface area contributed by atoms with Crippen LogP contribution in [0.1, 0.15) is 24.0 Å². The zero-order valence-corrected chi connectivity index (χ0v) is 11.0. The number of amides is 2. The van der Waals surface area contributed by atoms with Gasteiger partial charge >= 0.3 is 0 Å². The Balaban J connectivity index is 1.83. The zero-order valence-electron chi connectivity index (χ0n) is 11.0. The van der Waals surface area contributed by atoms with Crippen LogP contribution in [0, 0.1) is 23.2 Å². The van der Waals surface area contributed by atoms with Gasteiger partial charge in [-0.05, 0) is 30.5 Å². The first-order chi connectivity index (χ1) is 9.70. The van der Waals surface area contributed by atoms with Gasteiger partial charge < -0.3 is 0 Å². The van der Waals surface area contributed by atoms with Crippen LogP contribution in [0.5, 0.6) is 0 Å². The number of imide groups is 1. The van der Waals surface area contributed by atoms with Crippen molar-refractivity contribution in [1.82, 2.24) is 4.90 Å². The lowest BCUT2D eigenvalue weighted by Gasteiger charge is -2.14. The number of nitriles is 1. The molecule has 1 aliphatic heterocycles. The summed E-state index contributed by atoms with van der Waals surface area (Å²) in [6.07, 6.45) is 5.27. The molecular weight excluding hydrogens is 252 g/mol. The summed E-state index contributed by atoms with van der Waals surface area (Å²) in [5, 5.41) is 8.89. The van der Waals surface area contributed by atoms with Gasteiger partial charge in [-0.25, -0.2) is 0 Å². The molecule has 0 bridgehead atoms. The van der Waals surface area contributed by atoms with Gasteiger partial charge in [0.1, 0.15) is 0 Å². The standard InChI is InChI=1S/C16H14N2O2/c17-9-11-4-3-5-12(8-11)10-18-15(19)13-6-1-2-7-14(13)16(18)20/h1-5,8,13-14H,6-7,10H2/t13-,14+. The van der Waals surface area contributed by atoms with Crippen LogP contribution < -0.4 is 0 Å². The lowest BCUT2D eigenvalue weighted by Crippen LogP contribution is -2.30. The molecule has 1 heterocycles. The number of hydrogen-bond donors (Lipinski definition) is 0. The predicted octanol–water partition coefficient (Wildman–Crippen LogP) is 2.01. The first-order valence-corrected chi connectivity index (χ1v) is 6.70. The van der Waals surface area contributed by atoms with Crippen LogP contribution in [-0.2, 0) is 16.1 Å². The second kappa shape index (κ2) is 4.93. The molecule has 0 radical (unpaired) electrons. The van der Waals surface area contributed by atoms with Crippen LogP contribution in [-0.4, -0.2) is 16.7 Å². The van der Waals surface area contributed by atoms with Gasteiger partial charge in [-0.15, -0.1) is 0 Å². The molecule has 0 unspecified atom stereocenters. The highest BCUT2D eigenvalue weighted by Gasteiger charge is 2.46. The monoisotopic (exact) mass is 266 g/mol. The van der Waals surface area contributed by atoms with Crippen molar-refractivity contribution in [2.24, 2.45) is 11.8 Å². The van der Waals surface area contributed by atoms with Crippen LogP contribution in [0.3, 0.4) is 0 Å². The maximum Gasteiger partial charge on any atom is 0.233 e. The zero-order chi connectivity index (χ0) is 14.1. The maximum absolute atomic E-state index is 12.3. The Hall–Kier alpha value is -2.41. The van der Waals surface area contributed by atoms with Crippen LogP contribution in [0.2, 0.25) is 0 Å². The Morgan fingerprint density at radius 3 is 2.40 bits per heavy atom. The summed E-state index contributed by atoms with van der Waals surface area (Å²) in [6, 6.07) is 9.10. The lowest BCUT2D eigenvalue weighted by atomic mass is 9.85. The van der Waals surface area contributed by atoms with E-state index in [1.54, 1.807) is 18.2 Å². The molecule has 2 atom stereocenters. The van der Waals surface area contributed by atoms with Gasteiger partial charge in [0.2, 0.25) is 11.8 Å². The number of nitrogens with zero attached hydrogens (tertiary/aromatic N) is 2. The molecule has 1 fully saturated rings. The molecule has 4 heteroatoms. The summed E-state index contributed by atoms with van der Waals surface area (Å²) in [5.74, 6) is -0.531. The Morgan fingerprint density at radius 1 is 1.15 bits per heavy atom. The Kier molecular flexibility index (Phi) is 3.11. The minimum atomic E-state index is -0.188. The van der Waals surface area contributed by atoms with Crippen LogP contribution >= 0.6 is 0 Å². The van der Waals surface area contributed by atoms with Crippen LogP contribution in [0.25, 0.3) is 0 Å². The molecular formula is C16H14N2O2. The third-order valence-electron chi connectivity index (χ3n) is 4.00. The normalized spacial score (nSPS) is 24.6. The van der Waals surface area contributed by atoms with E-state index in [9.17, 15) is 9.59 Å². The maximum atomic E-state index is 12.3. The average molecular weight is 266 g/mol. The molecule has 4 nitrogen and oxygen atoms in total. The van der Waals surface area contributed by atoms with Gasteiger partial charge in [-0.3, -0.25) is 14.5 Å². The molecule has 2 aliphatic rings. The number of likely N-dealkylation sites (tertiary alicyclic amines) is 1. The molecule has 2 amide bonds. The van der Waals surface area contributed by atoms with Crippen molar-refractivity contribution in [3.63, 3.8) is 0 Å². The summed E-state index contributed by atoms with van der Waals surface area (Å²) in [4.78, 5) is 26.0. The molecule has 1 aliphatic carbocycles. The minimum Gasteiger partial charge on any atom is -0.278 e. The van der Waals surface area contributed by atoms with Crippen molar-refractivity contribution in [3.05, 3.63) is 47.5 Å². The van der Waals surface area contributed by atoms with E-state index in [2.05, 4.69) is 6.07 Å². The molecule has 1 saturated heterocycles. The van der Waals surface area contributed by atoms with Gasteiger partial charge in [0.05, 0.1) is 30.0 Å². The minimum absolute atomic E-state index is 0.0771. The average Bonchev–Trinajstić information content (AvgIpc) is 2.73. The van der Waals surface area contributed by atoms with E-state index in [1.165, 1.54) is 4.90 Å². The molecule has 1 aromatic carbocycles. The van der Waals surface area contributed by atoms with Crippen LogP contribution in [0.4, 0.5) is 0 Å². The van der Waals surface area contributed by atoms with Crippen molar-refractivity contribution in [2.75, 3.05) is 0 Å². The molecule has 3 rings (SSSR count). The van der Waals surface area contributed by atoms with E-state index in [-0.39, 0.29) is 30.2 Å². The predicted molar refractivity (Wildman–Crippen MR) is 72.1 cm³/mol. The second-order valence-electron chi connectivity index (χ2n) is 5.23. The molecule has 1 aromatic rings. The summed E-state index contributed by atoms with van der Waals surface area (Å²) in [7, 11) is 0. The quantitative estimate of drug-likeness (QED) is 0.607. The van der Waals surface area contributed by atoms with Crippen molar-refractivity contribution < 1.29 is 9.59 Å². The van der Waals surface area contributed by atoms with E-state index in [0.717, 1.165) is 5.56 Å². The van der Waals surface area contributed by atoms with E-state index in [0.29, 0.717) is 18.4 Å². The van der Waals surface area contributed by atoms with Gasteiger partial charge in [-0.1, -0.05) is 24.3 Å². The summed E-state index contributed by atoms with van der Waals surface area (Å²) >= 11 is 0. The summed E-state index contributed by atoms with van der Waals surface area (Å²) in [6.45, 7) is 0.264. The van der Waals surface area contributed by atoms with E-state index in [1.807, 2.05) is 18.2 Å². The van der Waals surface area contributed by atoms with E-state index < -0.39 is 0 Å². The van der Waals surface area contributed by atoms with Crippen molar-refractivity contribution in [1.29, 1.82) is 5.26 Å². The van der Waals surface area contributed by atoms with E-state index in [4.69, 9.17) is 5.26 Å². The van der Waals surface area contributed by atoms with Gasteiger partial charge in [0.15, 0.2) is 0 Å². The lowest BCUT2D eigenvalue weighted by molar-refractivity contribution is -0.140. The molecule has 20 heavy (non-hydrogen) atoms. The fourth-order valence-corrected chi connectivity index (χ4v) is 2.95. The van der Waals surface area contributed by atoms with Gasteiger partial charge in [0.25, 0.3) is 0 Å². The number of rotatable bonds is 2. The fraction of sp³-hybridized carbons (Fsp3) is 0.312. The first-order valence-electron chi connectivity index (χ1n) is 6.70. The summed E-state index contributed by atoms with van der Waals surface area (Å²) in [5.41, 5.74) is 1.36. The number of allylic oxidation sites excluding steroid dienone is 2. The van der Waals surface area contributed by atoms with Crippen molar-refractivity contribution in [2.45, 2.75) is 19.4 Å². The number of fused-ring (bicyclic) bond motifs is 1. The van der Waals surface area contributed by atoms with Crippen LogP contribution in [0.15, 0.2) is 36.4 Å². The Labute approximate surface area is 117 Å². The van der Waals surface area contributed by atoms with Gasteiger partial charge in [-0.2, -0.15) is 5.26 Å². The second-order valence-corrected chi connectivity index (χ2v) is 5.23. The highest BCUT2D eigenvalue weighted by Crippen LogP contribution is 2.35. The van der Waals surface area contributed by atoms with Crippen molar-refractivity contribution in [3.8, 4) is 6.07 Å². The number of carbonyl (C=O) groups is 2. The Bertz CT molecular complexity index is 616. The fourth-order valence-electron chi connectivity index (χ4n) is 2.95. The molecule has 0 aromatic heterocycles. The smallest absolute Gasteiger partial charge is 0.233 e. The van der Waals surface area contributed by atoms with E-state index >= 15 is 0 Å². The van der Waals surface area contributed by atoms with Gasteiger partial charge in [0, 0.05) is 0 Å². The number of benzene rings is 1. The molecule has 0 spiro atoms. The number of hydrogen-bond acceptors (Lipinski definition) is 3. The largest absolute Gasteiger partial charge is 0.278 e. The number of carbonyl (C=O) groups excluding carboxylic acids is 2. The highest BCUT2D eigenvalue weighted by molar-refractivity contribution is 6.05. The Morgan fingerprint density at radius 2 is 1.80 bits per heavy atom. The SMILES string of the molecule is N#Cc1cccc(CN2C(=O)[C@H]3CC=CC[C@H]3C2=O)c1.